The van der Waals surface area contributed by atoms with Crippen LogP contribution >= 0.6 is 0 Å². The molecule has 0 amide bonds. The molecule has 56 heavy (non-hydrogen) atoms. The van der Waals surface area contributed by atoms with Gasteiger partial charge in [0.1, 0.15) is 11.2 Å². The fourth-order valence-electron chi connectivity index (χ4n) is 8.62. The molecule has 0 aliphatic carbocycles. The first-order chi connectivity index (χ1) is 27.8. The number of hydrogen-bond donors (Lipinski definition) is 0. The lowest BCUT2D eigenvalue weighted by molar-refractivity contribution is 0.669. The Morgan fingerprint density at radius 1 is 0.250 bits per heavy atom. The van der Waals surface area contributed by atoms with Gasteiger partial charge in [-0.2, -0.15) is 0 Å². The van der Waals surface area contributed by atoms with Crippen LogP contribution in [0.15, 0.2) is 217 Å². The molecule has 1 heterocycles. The Kier molecular flexibility index (Phi) is 7.53. The predicted octanol–water partition coefficient (Wildman–Crippen LogP) is 15.5. The van der Waals surface area contributed by atoms with Crippen LogP contribution in [-0.2, 0) is 0 Å². The summed E-state index contributed by atoms with van der Waals surface area (Å²) in [5.74, 6) is 0. The van der Waals surface area contributed by atoms with E-state index in [-0.39, 0.29) is 0 Å². The minimum Gasteiger partial charge on any atom is -0.456 e. The van der Waals surface area contributed by atoms with E-state index >= 15 is 0 Å². The average Bonchev–Trinajstić information content (AvgIpc) is 3.66. The van der Waals surface area contributed by atoms with Gasteiger partial charge < -0.3 is 9.32 Å². The zero-order valence-electron chi connectivity index (χ0n) is 30.6. The van der Waals surface area contributed by atoms with Gasteiger partial charge in [-0.25, -0.2) is 0 Å². The molecule has 2 heteroatoms. The molecule has 0 bridgehead atoms. The Morgan fingerprint density at radius 3 is 1.50 bits per heavy atom. The molecule has 1 aromatic heterocycles. The standard InChI is InChI=1S/C54H35NO/c1-4-15-36(16-5-1)40-31-41(37-17-6-2-7-18-37)34-44(33-40)55(42-20-8-3-9-21-42)43-22-14-19-38(32-43)39-27-28-46-45-23-10-11-24-47(45)53-48(50(46)35-39)29-30-52-54(53)49-25-12-13-26-51(49)56-52/h1-35H. The van der Waals surface area contributed by atoms with Crippen LogP contribution in [0.1, 0.15) is 0 Å². The van der Waals surface area contributed by atoms with Crippen molar-refractivity contribution in [3.8, 4) is 33.4 Å². The van der Waals surface area contributed by atoms with E-state index in [0.717, 1.165) is 39.2 Å². The summed E-state index contributed by atoms with van der Waals surface area (Å²) in [4.78, 5) is 2.38. The van der Waals surface area contributed by atoms with Gasteiger partial charge in [-0.05, 0) is 127 Å². The molecule has 262 valence electrons. The molecule has 11 rings (SSSR count). The van der Waals surface area contributed by atoms with Gasteiger partial charge in [-0.15, -0.1) is 0 Å². The van der Waals surface area contributed by atoms with Crippen molar-refractivity contribution in [2.45, 2.75) is 0 Å². The van der Waals surface area contributed by atoms with Crippen molar-refractivity contribution in [2.24, 2.45) is 0 Å². The van der Waals surface area contributed by atoms with Gasteiger partial charge in [-0.1, -0.05) is 146 Å². The van der Waals surface area contributed by atoms with E-state index in [0.29, 0.717) is 0 Å². The second-order valence-electron chi connectivity index (χ2n) is 14.5. The van der Waals surface area contributed by atoms with Crippen molar-refractivity contribution in [1.29, 1.82) is 0 Å². The Labute approximate surface area is 325 Å². The summed E-state index contributed by atoms with van der Waals surface area (Å²) < 4.78 is 6.38. The third-order valence-corrected chi connectivity index (χ3v) is 11.2. The molecule has 0 saturated heterocycles. The molecule has 0 atom stereocenters. The zero-order chi connectivity index (χ0) is 37.0. The first-order valence-corrected chi connectivity index (χ1v) is 19.2. The number of nitrogens with zero attached hydrogens (tertiary/aromatic N) is 1. The Bertz CT molecular complexity index is 3180. The molecule has 0 saturated carbocycles. The maximum absolute atomic E-state index is 6.38. The van der Waals surface area contributed by atoms with Crippen molar-refractivity contribution in [3.05, 3.63) is 212 Å². The minimum absolute atomic E-state index is 0.915. The highest BCUT2D eigenvalue weighted by Gasteiger charge is 2.19. The summed E-state index contributed by atoms with van der Waals surface area (Å²) in [6, 6.07) is 76.5. The lowest BCUT2D eigenvalue weighted by Gasteiger charge is -2.27. The van der Waals surface area contributed by atoms with Crippen molar-refractivity contribution in [1.82, 2.24) is 0 Å². The van der Waals surface area contributed by atoms with Gasteiger partial charge in [0.25, 0.3) is 0 Å². The fourth-order valence-corrected chi connectivity index (χ4v) is 8.62. The molecule has 11 aromatic rings. The maximum atomic E-state index is 6.38. The first-order valence-electron chi connectivity index (χ1n) is 19.2. The fraction of sp³-hybridized carbons (Fsp3) is 0. The Hall–Kier alpha value is -7.42. The quantitative estimate of drug-likeness (QED) is 0.160. The topological polar surface area (TPSA) is 16.4 Å². The molecule has 0 aliphatic heterocycles. The van der Waals surface area contributed by atoms with E-state index in [2.05, 4.69) is 211 Å². The molecule has 0 spiro atoms. The number of fused-ring (bicyclic) bond motifs is 10. The molecule has 0 aliphatic rings. The van der Waals surface area contributed by atoms with Gasteiger partial charge in [0, 0.05) is 33.2 Å². The molecule has 0 fully saturated rings. The molecule has 0 radical (unpaired) electrons. The van der Waals surface area contributed by atoms with Crippen molar-refractivity contribution in [3.63, 3.8) is 0 Å². The summed E-state index contributed by atoms with van der Waals surface area (Å²) in [5.41, 5.74) is 12.2. The van der Waals surface area contributed by atoms with Crippen LogP contribution in [0.4, 0.5) is 17.1 Å². The normalized spacial score (nSPS) is 11.6. The number of para-hydroxylation sites is 2. The van der Waals surface area contributed by atoms with Crippen LogP contribution in [0.3, 0.4) is 0 Å². The van der Waals surface area contributed by atoms with E-state index < -0.39 is 0 Å². The van der Waals surface area contributed by atoms with Crippen molar-refractivity contribution in [2.75, 3.05) is 4.90 Å². The highest BCUT2D eigenvalue weighted by Crippen LogP contribution is 2.45. The van der Waals surface area contributed by atoms with Crippen molar-refractivity contribution >= 4 is 71.3 Å². The maximum Gasteiger partial charge on any atom is 0.136 e. The number of rotatable bonds is 6. The largest absolute Gasteiger partial charge is 0.456 e. The molecular formula is C54H35NO. The van der Waals surface area contributed by atoms with Gasteiger partial charge in [0.05, 0.1) is 0 Å². The molecule has 0 N–H and O–H groups in total. The van der Waals surface area contributed by atoms with E-state index in [9.17, 15) is 0 Å². The third kappa shape index (κ3) is 5.34. The van der Waals surface area contributed by atoms with Gasteiger partial charge in [0.15, 0.2) is 0 Å². The van der Waals surface area contributed by atoms with Crippen LogP contribution in [0.5, 0.6) is 0 Å². The third-order valence-electron chi connectivity index (χ3n) is 11.2. The lowest BCUT2D eigenvalue weighted by Crippen LogP contribution is -2.10. The van der Waals surface area contributed by atoms with Crippen LogP contribution < -0.4 is 4.90 Å². The molecular weight excluding hydrogens is 679 g/mol. The van der Waals surface area contributed by atoms with Gasteiger partial charge in [-0.3, -0.25) is 0 Å². The summed E-state index contributed by atoms with van der Waals surface area (Å²) >= 11 is 0. The van der Waals surface area contributed by atoms with E-state index in [1.54, 1.807) is 0 Å². The molecule has 2 nitrogen and oxygen atoms in total. The van der Waals surface area contributed by atoms with E-state index in [1.165, 1.54) is 65.5 Å². The monoisotopic (exact) mass is 713 g/mol. The minimum atomic E-state index is 0.915. The predicted molar refractivity (Wildman–Crippen MR) is 237 cm³/mol. The second-order valence-corrected chi connectivity index (χ2v) is 14.5. The van der Waals surface area contributed by atoms with E-state index in [4.69, 9.17) is 4.42 Å². The number of benzene rings is 10. The first kappa shape index (κ1) is 32.0. The summed E-state index contributed by atoms with van der Waals surface area (Å²) in [6.07, 6.45) is 0. The average molecular weight is 714 g/mol. The summed E-state index contributed by atoms with van der Waals surface area (Å²) in [6.45, 7) is 0. The van der Waals surface area contributed by atoms with E-state index in [1.807, 2.05) is 6.07 Å². The van der Waals surface area contributed by atoms with Crippen LogP contribution in [-0.4, -0.2) is 0 Å². The Morgan fingerprint density at radius 2 is 0.768 bits per heavy atom. The molecule has 10 aromatic carbocycles. The highest BCUT2D eigenvalue weighted by atomic mass is 16.3. The number of hydrogen-bond acceptors (Lipinski definition) is 2. The molecule has 0 unspecified atom stereocenters. The zero-order valence-corrected chi connectivity index (χ0v) is 30.6. The lowest BCUT2D eigenvalue weighted by atomic mass is 9.90. The number of furan rings is 1. The van der Waals surface area contributed by atoms with Crippen LogP contribution in [0, 0.1) is 0 Å². The van der Waals surface area contributed by atoms with Crippen molar-refractivity contribution < 1.29 is 4.42 Å². The smallest absolute Gasteiger partial charge is 0.136 e. The van der Waals surface area contributed by atoms with Gasteiger partial charge >= 0.3 is 0 Å². The van der Waals surface area contributed by atoms with Crippen LogP contribution in [0.25, 0.3) is 87.6 Å². The Balaban J connectivity index is 1.11. The van der Waals surface area contributed by atoms with Crippen LogP contribution in [0.2, 0.25) is 0 Å². The highest BCUT2D eigenvalue weighted by molar-refractivity contribution is 6.34. The SMILES string of the molecule is c1ccc(-c2cc(-c3ccccc3)cc(N(c3ccccc3)c3cccc(-c4ccc5c6ccccc6c6c(ccc7oc8ccccc8c76)c5c4)c3)c2)cc1. The van der Waals surface area contributed by atoms with Gasteiger partial charge in [0.2, 0.25) is 0 Å². The number of anilines is 3. The second kappa shape index (κ2) is 13.2. The summed E-state index contributed by atoms with van der Waals surface area (Å²) in [7, 11) is 0. The summed E-state index contributed by atoms with van der Waals surface area (Å²) in [5, 5.41) is 9.76.